The largest absolute Gasteiger partial charge is 0.370 e. The summed E-state index contributed by atoms with van der Waals surface area (Å²) in [5.74, 6) is 0.204. The monoisotopic (exact) mass is 214 g/mol. The average Bonchev–Trinajstić information content (AvgIpc) is 2.33. The van der Waals surface area contributed by atoms with Crippen molar-refractivity contribution < 1.29 is 0 Å². The molecule has 1 aliphatic heterocycles. The summed E-state index contributed by atoms with van der Waals surface area (Å²) >= 11 is 0. The predicted molar refractivity (Wildman–Crippen MR) is 66.5 cm³/mol. The summed E-state index contributed by atoms with van der Waals surface area (Å²) in [6.07, 6.45) is 2.18. The van der Waals surface area contributed by atoms with Crippen LogP contribution in [0.2, 0.25) is 0 Å². The third-order valence-corrected chi connectivity index (χ3v) is 3.46. The van der Waals surface area contributed by atoms with Gasteiger partial charge in [-0.15, -0.1) is 0 Å². The summed E-state index contributed by atoms with van der Waals surface area (Å²) < 4.78 is 0. The molecule has 0 radical (unpaired) electrons. The fourth-order valence-electron chi connectivity index (χ4n) is 2.24. The van der Waals surface area contributed by atoms with E-state index >= 15 is 0 Å². The molecule has 16 heavy (non-hydrogen) atoms. The van der Waals surface area contributed by atoms with E-state index in [0.717, 1.165) is 25.9 Å². The van der Waals surface area contributed by atoms with Gasteiger partial charge in [0.1, 0.15) is 0 Å². The molecule has 1 saturated heterocycles. The van der Waals surface area contributed by atoms with E-state index < -0.39 is 0 Å². The van der Waals surface area contributed by atoms with Crippen LogP contribution in [-0.2, 0) is 0 Å². The van der Waals surface area contributed by atoms with Crippen LogP contribution in [0.4, 0.5) is 5.69 Å². The summed E-state index contributed by atoms with van der Waals surface area (Å²) in [6, 6.07) is 8.96. The number of nitrogens with zero attached hydrogens (tertiary/aromatic N) is 2. The molecule has 1 aliphatic rings. The first-order chi connectivity index (χ1) is 7.70. The van der Waals surface area contributed by atoms with Gasteiger partial charge in [-0.1, -0.05) is 6.07 Å². The van der Waals surface area contributed by atoms with Crippen molar-refractivity contribution in [3.8, 4) is 6.07 Å². The van der Waals surface area contributed by atoms with Gasteiger partial charge < -0.3 is 4.90 Å². The second-order valence-corrected chi connectivity index (χ2v) is 4.68. The Morgan fingerprint density at radius 2 is 2.12 bits per heavy atom. The smallest absolute Gasteiger partial charge is 0.0674 e. The lowest BCUT2D eigenvalue weighted by Gasteiger charge is -2.31. The quantitative estimate of drug-likeness (QED) is 0.718. The lowest BCUT2D eigenvalue weighted by Crippen LogP contribution is -2.34. The maximum absolute atomic E-state index is 8.98. The minimum Gasteiger partial charge on any atom is -0.370 e. The van der Waals surface area contributed by atoms with Crippen LogP contribution >= 0.6 is 0 Å². The first-order valence-corrected chi connectivity index (χ1v) is 5.92. The van der Waals surface area contributed by atoms with Gasteiger partial charge in [0.15, 0.2) is 0 Å². The SMILES string of the molecule is Cc1ccc(N2CCCC(C#N)C2)cc1C. The lowest BCUT2D eigenvalue weighted by molar-refractivity contribution is 0.493. The van der Waals surface area contributed by atoms with E-state index in [-0.39, 0.29) is 5.92 Å². The van der Waals surface area contributed by atoms with Gasteiger partial charge in [0.25, 0.3) is 0 Å². The zero-order valence-corrected chi connectivity index (χ0v) is 10.0. The second-order valence-electron chi connectivity index (χ2n) is 4.68. The Hall–Kier alpha value is -1.49. The molecule has 0 aliphatic carbocycles. The Morgan fingerprint density at radius 3 is 2.81 bits per heavy atom. The van der Waals surface area contributed by atoms with Gasteiger partial charge in [-0.05, 0) is 49.9 Å². The highest BCUT2D eigenvalue weighted by molar-refractivity contribution is 5.51. The standard InChI is InChI=1S/C14H18N2/c1-11-5-6-14(8-12(11)2)16-7-3-4-13(9-15)10-16/h5-6,8,13H,3-4,7,10H2,1-2H3. The van der Waals surface area contributed by atoms with Crippen molar-refractivity contribution in [1.82, 2.24) is 0 Å². The molecule has 0 bridgehead atoms. The highest BCUT2D eigenvalue weighted by atomic mass is 15.1. The molecule has 2 nitrogen and oxygen atoms in total. The molecule has 0 amide bonds. The molecule has 1 aromatic carbocycles. The Bertz CT molecular complexity index is 417. The molecule has 1 heterocycles. The van der Waals surface area contributed by atoms with Crippen LogP contribution in [0.5, 0.6) is 0 Å². The third-order valence-electron chi connectivity index (χ3n) is 3.46. The van der Waals surface area contributed by atoms with E-state index in [9.17, 15) is 0 Å². The molecule has 1 aromatic rings. The van der Waals surface area contributed by atoms with Gasteiger partial charge in [0.05, 0.1) is 12.0 Å². The molecule has 0 spiro atoms. The number of aryl methyl sites for hydroxylation is 2. The van der Waals surface area contributed by atoms with Gasteiger partial charge in [-0.25, -0.2) is 0 Å². The van der Waals surface area contributed by atoms with Crippen molar-refractivity contribution in [3.63, 3.8) is 0 Å². The van der Waals surface area contributed by atoms with Crippen LogP contribution in [-0.4, -0.2) is 13.1 Å². The van der Waals surface area contributed by atoms with E-state index in [2.05, 4.69) is 43.0 Å². The Morgan fingerprint density at radius 1 is 1.31 bits per heavy atom. The zero-order chi connectivity index (χ0) is 11.5. The van der Waals surface area contributed by atoms with Crippen molar-refractivity contribution in [1.29, 1.82) is 5.26 Å². The number of hydrogen-bond donors (Lipinski definition) is 0. The molecule has 2 heteroatoms. The summed E-state index contributed by atoms with van der Waals surface area (Å²) in [4.78, 5) is 2.34. The van der Waals surface area contributed by atoms with Gasteiger partial charge >= 0.3 is 0 Å². The van der Waals surface area contributed by atoms with E-state index in [0.29, 0.717) is 0 Å². The first-order valence-electron chi connectivity index (χ1n) is 5.92. The second kappa shape index (κ2) is 4.57. The Labute approximate surface area is 97.5 Å². The van der Waals surface area contributed by atoms with Gasteiger partial charge in [-0.3, -0.25) is 0 Å². The first kappa shape index (κ1) is 11.0. The molecular formula is C14H18N2. The topological polar surface area (TPSA) is 27.0 Å². The Kier molecular flexibility index (Phi) is 3.14. The number of hydrogen-bond acceptors (Lipinski definition) is 2. The highest BCUT2D eigenvalue weighted by Crippen LogP contribution is 2.24. The van der Waals surface area contributed by atoms with Crippen molar-refractivity contribution in [2.24, 2.45) is 5.92 Å². The summed E-state index contributed by atoms with van der Waals surface area (Å²) in [6.45, 7) is 6.25. The number of rotatable bonds is 1. The van der Waals surface area contributed by atoms with Crippen molar-refractivity contribution in [2.45, 2.75) is 26.7 Å². The van der Waals surface area contributed by atoms with Crippen LogP contribution < -0.4 is 4.90 Å². The van der Waals surface area contributed by atoms with E-state index in [1.165, 1.54) is 16.8 Å². The average molecular weight is 214 g/mol. The Balaban J connectivity index is 2.17. The van der Waals surface area contributed by atoms with Crippen LogP contribution in [0.3, 0.4) is 0 Å². The number of nitriles is 1. The molecule has 84 valence electrons. The maximum atomic E-state index is 8.98. The number of piperidine rings is 1. The normalized spacial score (nSPS) is 20.6. The van der Waals surface area contributed by atoms with Crippen molar-refractivity contribution in [3.05, 3.63) is 29.3 Å². The molecule has 2 rings (SSSR count). The van der Waals surface area contributed by atoms with E-state index in [1.54, 1.807) is 0 Å². The predicted octanol–water partition coefficient (Wildman–Crippen LogP) is 3.04. The van der Waals surface area contributed by atoms with Gasteiger partial charge in [0.2, 0.25) is 0 Å². The molecule has 0 aromatic heterocycles. The van der Waals surface area contributed by atoms with Crippen LogP contribution in [0.25, 0.3) is 0 Å². The fourth-order valence-corrected chi connectivity index (χ4v) is 2.24. The molecule has 0 N–H and O–H groups in total. The minimum atomic E-state index is 0.204. The van der Waals surface area contributed by atoms with Gasteiger partial charge in [-0.2, -0.15) is 5.26 Å². The van der Waals surface area contributed by atoms with Crippen LogP contribution in [0, 0.1) is 31.1 Å². The minimum absolute atomic E-state index is 0.204. The van der Waals surface area contributed by atoms with Gasteiger partial charge in [0, 0.05) is 18.8 Å². The fraction of sp³-hybridized carbons (Fsp3) is 0.500. The molecule has 1 unspecified atom stereocenters. The van der Waals surface area contributed by atoms with E-state index in [4.69, 9.17) is 5.26 Å². The van der Waals surface area contributed by atoms with Crippen LogP contribution in [0.15, 0.2) is 18.2 Å². The third kappa shape index (κ3) is 2.19. The van der Waals surface area contributed by atoms with E-state index in [1.807, 2.05) is 0 Å². The maximum Gasteiger partial charge on any atom is 0.0674 e. The summed E-state index contributed by atoms with van der Waals surface area (Å²) in [5, 5.41) is 8.98. The molecule has 1 atom stereocenters. The van der Waals surface area contributed by atoms with Crippen molar-refractivity contribution >= 4 is 5.69 Å². The summed E-state index contributed by atoms with van der Waals surface area (Å²) in [5.41, 5.74) is 3.93. The zero-order valence-electron chi connectivity index (χ0n) is 10.0. The van der Waals surface area contributed by atoms with Crippen molar-refractivity contribution in [2.75, 3.05) is 18.0 Å². The van der Waals surface area contributed by atoms with Crippen LogP contribution in [0.1, 0.15) is 24.0 Å². The highest BCUT2D eigenvalue weighted by Gasteiger charge is 2.19. The summed E-state index contributed by atoms with van der Waals surface area (Å²) in [7, 11) is 0. The molecular weight excluding hydrogens is 196 g/mol. The lowest BCUT2D eigenvalue weighted by atomic mass is 9.98. The molecule has 1 fully saturated rings. The number of anilines is 1. The molecule has 0 saturated carbocycles. The number of benzene rings is 1.